The summed E-state index contributed by atoms with van der Waals surface area (Å²) in [7, 11) is 0. The van der Waals surface area contributed by atoms with E-state index in [4.69, 9.17) is 9.73 Å². The molecule has 0 bridgehead atoms. The van der Waals surface area contributed by atoms with Crippen molar-refractivity contribution in [2.24, 2.45) is 4.99 Å². The highest BCUT2D eigenvalue weighted by atomic mass is 35.5. The zero-order valence-corrected chi connectivity index (χ0v) is 22.6. The third kappa shape index (κ3) is 7.19. The summed E-state index contributed by atoms with van der Waals surface area (Å²) in [5, 5.41) is 4.32. The number of carbonyl (C=O) groups is 1. The molecule has 1 unspecified atom stereocenters. The van der Waals surface area contributed by atoms with Crippen molar-refractivity contribution in [3.05, 3.63) is 54.6 Å². The van der Waals surface area contributed by atoms with Gasteiger partial charge < -0.3 is 15.0 Å². The van der Waals surface area contributed by atoms with Crippen LogP contribution >= 0.6 is 24.2 Å². The Labute approximate surface area is 225 Å². The topological polar surface area (TPSA) is 53.9 Å². The largest absolute Gasteiger partial charge is 0.457 e. The quantitative estimate of drug-likeness (QED) is 0.401. The van der Waals surface area contributed by atoms with Crippen LogP contribution < -0.4 is 10.1 Å². The van der Waals surface area contributed by atoms with Gasteiger partial charge in [-0.05, 0) is 62.1 Å². The fraction of sp³-hybridized carbons (Fsp3) is 0.517. The Morgan fingerprint density at radius 2 is 1.53 bits per heavy atom. The van der Waals surface area contributed by atoms with Crippen molar-refractivity contribution in [2.45, 2.75) is 88.8 Å². The summed E-state index contributed by atoms with van der Waals surface area (Å²) < 4.78 is 5.87. The van der Waals surface area contributed by atoms with E-state index in [9.17, 15) is 4.79 Å². The molecule has 1 saturated heterocycles. The second-order valence-electron chi connectivity index (χ2n) is 10.1. The fourth-order valence-electron chi connectivity index (χ4n) is 5.58. The molecule has 0 radical (unpaired) electrons. The van der Waals surface area contributed by atoms with Gasteiger partial charge in [0.25, 0.3) is 0 Å². The lowest BCUT2D eigenvalue weighted by atomic mass is 9.93. The van der Waals surface area contributed by atoms with Crippen LogP contribution in [0.4, 0.5) is 5.69 Å². The molecule has 2 saturated carbocycles. The number of hydrogen-bond acceptors (Lipinski definition) is 4. The zero-order chi connectivity index (χ0) is 23.9. The van der Waals surface area contributed by atoms with Crippen LogP contribution in [0.2, 0.25) is 0 Å². The van der Waals surface area contributed by atoms with Gasteiger partial charge in [-0.1, -0.05) is 68.5 Å². The molecule has 36 heavy (non-hydrogen) atoms. The number of carbonyl (C=O) groups excluding carboxylic acids is 1. The maximum atomic E-state index is 13.1. The van der Waals surface area contributed by atoms with Crippen LogP contribution in [0.3, 0.4) is 0 Å². The maximum Gasteiger partial charge on any atom is 0.226 e. The van der Waals surface area contributed by atoms with Gasteiger partial charge in [-0.25, -0.2) is 0 Å². The van der Waals surface area contributed by atoms with E-state index in [1.54, 1.807) is 0 Å². The van der Waals surface area contributed by atoms with Crippen molar-refractivity contribution in [1.82, 2.24) is 4.90 Å². The predicted molar refractivity (Wildman–Crippen MR) is 153 cm³/mol. The molecule has 1 aliphatic heterocycles. The number of anilines is 1. The van der Waals surface area contributed by atoms with Crippen molar-refractivity contribution < 1.29 is 9.53 Å². The van der Waals surface area contributed by atoms with Gasteiger partial charge in [-0.15, -0.1) is 12.4 Å². The Balaban J connectivity index is 0.00000304. The SMILES string of the molecule is Cl.O=C(CC1CSC(=NC2CCCCC2)N1C1CCCCC1)Nc1ccc(Oc2ccccc2)cc1. The third-order valence-electron chi connectivity index (χ3n) is 7.39. The minimum atomic E-state index is 0. The number of halogens is 1. The van der Waals surface area contributed by atoms with Gasteiger partial charge in [0.05, 0.1) is 6.04 Å². The van der Waals surface area contributed by atoms with Crippen LogP contribution in [0.5, 0.6) is 11.5 Å². The normalized spacial score (nSPS) is 22.3. The molecule has 3 fully saturated rings. The van der Waals surface area contributed by atoms with E-state index < -0.39 is 0 Å². The molecule has 1 atom stereocenters. The molecule has 2 aromatic rings. The first-order chi connectivity index (χ1) is 17.2. The minimum Gasteiger partial charge on any atom is -0.457 e. The molecule has 0 aromatic heterocycles. The van der Waals surface area contributed by atoms with Gasteiger partial charge >= 0.3 is 0 Å². The number of nitrogens with zero attached hydrogens (tertiary/aromatic N) is 2. The summed E-state index contributed by atoms with van der Waals surface area (Å²) in [6.07, 6.45) is 13.3. The van der Waals surface area contributed by atoms with Crippen molar-refractivity contribution >= 4 is 40.9 Å². The first-order valence-corrected chi connectivity index (χ1v) is 14.3. The lowest BCUT2D eigenvalue weighted by Crippen LogP contribution is -2.45. The average molecular weight is 528 g/mol. The molecule has 5 rings (SSSR count). The van der Waals surface area contributed by atoms with Crippen LogP contribution in [-0.4, -0.2) is 39.9 Å². The number of amides is 1. The molecule has 3 aliphatic rings. The number of hydrogen-bond donors (Lipinski definition) is 1. The number of aliphatic imine (C=N–C) groups is 1. The minimum absolute atomic E-state index is 0. The van der Waals surface area contributed by atoms with Crippen LogP contribution in [-0.2, 0) is 4.79 Å². The zero-order valence-electron chi connectivity index (χ0n) is 20.9. The first kappa shape index (κ1) is 26.9. The summed E-state index contributed by atoms with van der Waals surface area (Å²) in [5.41, 5.74) is 0.807. The number of nitrogens with one attached hydrogen (secondary N) is 1. The highest BCUT2D eigenvalue weighted by Gasteiger charge is 2.37. The summed E-state index contributed by atoms with van der Waals surface area (Å²) in [4.78, 5) is 20.8. The molecular formula is C29H38ClN3O2S. The second-order valence-corrected chi connectivity index (χ2v) is 11.0. The van der Waals surface area contributed by atoms with E-state index in [0.29, 0.717) is 18.5 Å². The number of thioether (sulfide) groups is 1. The Bertz CT molecular complexity index is 989. The van der Waals surface area contributed by atoms with E-state index in [2.05, 4.69) is 10.2 Å². The average Bonchev–Trinajstić information content (AvgIpc) is 3.28. The Hall–Kier alpha value is -2.18. The molecule has 5 nitrogen and oxygen atoms in total. The third-order valence-corrected chi connectivity index (χ3v) is 8.52. The van der Waals surface area contributed by atoms with Gasteiger partial charge in [0.1, 0.15) is 11.5 Å². The molecular weight excluding hydrogens is 490 g/mol. The standard InChI is InChI=1S/C29H37N3O2S.ClH/c33-28(30-23-16-18-27(19-17-23)34-26-14-8-3-9-15-26)20-25-21-35-29(31-22-10-4-1-5-11-22)32(25)24-12-6-2-7-13-24;/h3,8-9,14-19,22,24-25H,1-2,4-7,10-13,20-21H2,(H,30,33);1H. The number of ether oxygens (including phenoxy) is 1. The maximum absolute atomic E-state index is 13.1. The van der Waals surface area contributed by atoms with Gasteiger partial charge in [-0.3, -0.25) is 9.79 Å². The highest BCUT2D eigenvalue weighted by Crippen LogP contribution is 2.35. The van der Waals surface area contributed by atoms with Gasteiger partial charge in [0.15, 0.2) is 5.17 Å². The van der Waals surface area contributed by atoms with Crippen LogP contribution in [0, 0.1) is 0 Å². The molecule has 1 heterocycles. The Kier molecular flexibility index (Phi) is 9.99. The molecule has 194 valence electrons. The van der Waals surface area contributed by atoms with E-state index in [-0.39, 0.29) is 24.4 Å². The molecule has 0 spiro atoms. The van der Waals surface area contributed by atoms with E-state index in [0.717, 1.165) is 22.9 Å². The van der Waals surface area contributed by atoms with E-state index >= 15 is 0 Å². The molecule has 2 aliphatic carbocycles. The predicted octanol–water partition coefficient (Wildman–Crippen LogP) is 7.67. The van der Waals surface area contributed by atoms with E-state index in [1.807, 2.05) is 66.4 Å². The smallest absolute Gasteiger partial charge is 0.226 e. The van der Waals surface area contributed by atoms with Gasteiger partial charge in [0.2, 0.25) is 5.91 Å². The molecule has 1 N–H and O–H groups in total. The number of benzene rings is 2. The molecule has 7 heteroatoms. The summed E-state index contributed by atoms with van der Waals surface area (Å²) >= 11 is 1.88. The van der Waals surface area contributed by atoms with Gasteiger partial charge in [0, 0.05) is 29.9 Å². The highest BCUT2D eigenvalue weighted by molar-refractivity contribution is 8.14. The number of amidine groups is 1. The summed E-state index contributed by atoms with van der Waals surface area (Å²) in [6.45, 7) is 0. The summed E-state index contributed by atoms with van der Waals surface area (Å²) in [6, 6.07) is 18.6. The Morgan fingerprint density at radius 3 is 2.22 bits per heavy atom. The van der Waals surface area contributed by atoms with E-state index in [1.165, 1.54) is 69.4 Å². The van der Waals surface area contributed by atoms with Crippen molar-refractivity contribution in [3.63, 3.8) is 0 Å². The van der Waals surface area contributed by atoms with Crippen molar-refractivity contribution in [1.29, 1.82) is 0 Å². The van der Waals surface area contributed by atoms with Crippen LogP contribution in [0.15, 0.2) is 59.6 Å². The van der Waals surface area contributed by atoms with Crippen molar-refractivity contribution in [2.75, 3.05) is 11.1 Å². The number of rotatable bonds is 7. The monoisotopic (exact) mass is 527 g/mol. The second kappa shape index (κ2) is 13.4. The van der Waals surface area contributed by atoms with Crippen LogP contribution in [0.1, 0.15) is 70.6 Å². The fourth-order valence-corrected chi connectivity index (χ4v) is 6.87. The van der Waals surface area contributed by atoms with Crippen molar-refractivity contribution in [3.8, 4) is 11.5 Å². The lowest BCUT2D eigenvalue weighted by Gasteiger charge is -2.37. The molecule has 1 amide bonds. The molecule has 2 aromatic carbocycles. The first-order valence-electron chi connectivity index (χ1n) is 13.4. The summed E-state index contributed by atoms with van der Waals surface area (Å²) in [5.74, 6) is 2.59. The number of para-hydroxylation sites is 1. The van der Waals surface area contributed by atoms with Gasteiger partial charge in [-0.2, -0.15) is 0 Å². The van der Waals surface area contributed by atoms with Crippen LogP contribution in [0.25, 0.3) is 0 Å². The Morgan fingerprint density at radius 1 is 0.889 bits per heavy atom. The lowest BCUT2D eigenvalue weighted by molar-refractivity contribution is -0.117.